The monoisotopic (exact) mass is 448 g/mol. The smallest absolute Gasteiger partial charge is 0.0974 e. The zero-order valence-electron chi connectivity index (χ0n) is 18.1. The minimum absolute atomic E-state index is 0.716. The Morgan fingerprint density at radius 1 is 0.382 bits per heavy atom. The molecule has 0 aliphatic carbocycles. The number of nitrogens with zero attached hydrogens (tertiary/aromatic N) is 2. The number of rotatable bonds is 8. The van der Waals surface area contributed by atoms with Crippen molar-refractivity contribution in [2.45, 2.75) is 0 Å². The Morgan fingerprint density at radius 3 is 0.853 bits per heavy atom. The molecule has 5 aromatic heterocycles. The van der Waals surface area contributed by atoms with E-state index in [4.69, 9.17) is 27.6 Å². The van der Waals surface area contributed by atoms with Crippen LogP contribution in [0.4, 0.5) is 0 Å². The molecule has 0 spiro atoms. The molecule has 5 rings (SSSR count). The third-order valence-corrected chi connectivity index (χ3v) is 4.91. The quantitative estimate of drug-likeness (QED) is 0.244. The van der Waals surface area contributed by atoms with Crippen molar-refractivity contribution >= 4 is 48.6 Å². The van der Waals surface area contributed by atoms with Crippen LogP contribution in [0, 0.1) is 0 Å². The number of furan rings is 4. The first-order valence-electron chi connectivity index (χ1n) is 10.6. The Bertz CT molecular complexity index is 1200. The summed E-state index contributed by atoms with van der Waals surface area (Å²) in [7, 11) is 0. The fraction of sp³-hybridized carbons (Fsp3) is 0. The van der Waals surface area contributed by atoms with Crippen molar-refractivity contribution in [1.29, 1.82) is 0 Å². The van der Waals surface area contributed by atoms with Gasteiger partial charge in [0.15, 0.2) is 0 Å². The first kappa shape index (κ1) is 21.0. The van der Waals surface area contributed by atoms with Gasteiger partial charge in [-0.2, -0.15) is 0 Å². The number of hydrogen-bond acceptors (Lipinski definition) is 6. The predicted octanol–water partition coefficient (Wildman–Crippen LogP) is 7.53. The number of hydrogen-bond donors (Lipinski definition) is 0. The van der Waals surface area contributed by atoms with Gasteiger partial charge in [0, 0.05) is 22.3 Å². The van der Waals surface area contributed by atoms with E-state index in [2.05, 4.69) is 0 Å². The molecule has 0 atom stereocenters. The summed E-state index contributed by atoms with van der Waals surface area (Å²) in [5.74, 6) is 0. The van der Waals surface area contributed by atoms with Gasteiger partial charge < -0.3 is 17.7 Å². The first-order valence-corrected chi connectivity index (χ1v) is 10.6. The fourth-order valence-electron chi connectivity index (χ4n) is 3.16. The SMILES string of the molecule is C(=C\c1nc(/C=C/c2ccoc2)c(/C=C/c2ccoc2)nc1/C=C/c1ccoc1)/c1ccoc1. The minimum Gasteiger partial charge on any atom is -0.472 e. The molecule has 6 nitrogen and oxygen atoms in total. The highest BCUT2D eigenvalue weighted by molar-refractivity contribution is 5.81. The molecule has 0 unspecified atom stereocenters. The van der Waals surface area contributed by atoms with E-state index in [-0.39, 0.29) is 0 Å². The Kier molecular flexibility index (Phi) is 6.30. The number of aromatic nitrogens is 2. The van der Waals surface area contributed by atoms with Crippen LogP contribution >= 0.6 is 0 Å². The Balaban J connectivity index is 1.59. The molecule has 0 aliphatic rings. The average Bonchev–Trinajstić information content (AvgIpc) is 3.68. The van der Waals surface area contributed by atoms with Gasteiger partial charge in [0.2, 0.25) is 0 Å². The van der Waals surface area contributed by atoms with E-state index in [1.807, 2.05) is 72.9 Å². The summed E-state index contributed by atoms with van der Waals surface area (Å²) in [5, 5.41) is 0. The van der Waals surface area contributed by atoms with Crippen molar-refractivity contribution in [3.63, 3.8) is 0 Å². The van der Waals surface area contributed by atoms with E-state index in [9.17, 15) is 0 Å². The average molecular weight is 448 g/mol. The topological polar surface area (TPSA) is 78.3 Å². The molecule has 166 valence electrons. The second-order valence-corrected chi connectivity index (χ2v) is 7.32. The summed E-state index contributed by atoms with van der Waals surface area (Å²) < 4.78 is 20.7. The van der Waals surface area contributed by atoms with Crippen molar-refractivity contribution in [2.24, 2.45) is 0 Å². The normalized spacial score (nSPS) is 12.2. The third kappa shape index (κ3) is 5.31. The molecule has 0 bridgehead atoms. The lowest BCUT2D eigenvalue weighted by Crippen LogP contribution is -1.99. The molecule has 0 amide bonds. The standard InChI is InChI=1S/C28H20N2O4/c1(21-9-13-31-17-21)5-25-26(6-2-22-10-14-32-18-22)30-28(8-4-24-12-16-34-20-24)27(29-25)7-3-23-11-15-33-19-23/h1-20H/b5-1+,6-2+,7-3+,8-4+. The lowest BCUT2D eigenvalue weighted by Gasteiger charge is -2.07. The van der Waals surface area contributed by atoms with E-state index >= 15 is 0 Å². The molecule has 0 fully saturated rings. The largest absolute Gasteiger partial charge is 0.472 e. The zero-order chi connectivity index (χ0) is 23.0. The van der Waals surface area contributed by atoms with Crippen molar-refractivity contribution in [3.8, 4) is 0 Å². The van der Waals surface area contributed by atoms with Gasteiger partial charge in [0.1, 0.15) is 0 Å². The van der Waals surface area contributed by atoms with Gasteiger partial charge in [0.25, 0.3) is 0 Å². The van der Waals surface area contributed by atoms with Crippen LogP contribution in [-0.2, 0) is 0 Å². The van der Waals surface area contributed by atoms with Crippen LogP contribution in [0.5, 0.6) is 0 Å². The first-order chi connectivity index (χ1) is 16.8. The molecule has 5 aromatic rings. The molecule has 0 N–H and O–H groups in total. The van der Waals surface area contributed by atoms with Crippen molar-refractivity contribution < 1.29 is 17.7 Å². The molecule has 0 radical (unpaired) electrons. The Morgan fingerprint density at radius 2 is 0.647 bits per heavy atom. The van der Waals surface area contributed by atoms with Crippen LogP contribution in [0.1, 0.15) is 45.0 Å². The van der Waals surface area contributed by atoms with Gasteiger partial charge in [-0.05, 0) is 72.9 Å². The minimum atomic E-state index is 0.716. The van der Waals surface area contributed by atoms with Gasteiger partial charge in [-0.1, -0.05) is 0 Å². The van der Waals surface area contributed by atoms with E-state index in [1.54, 1.807) is 50.1 Å². The third-order valence-electron chi connectivity index (χ3n) is 4.91. The Labute approximate surface area is 195 Å². The highest BCUT2D eigenvalue weighted by atomic mass is 16.3. The van der Waals surface area contributed by atoms with Crippen LogP contribution in [0.15, 0.2) is 92.0 Å². The molecule has 6 heteroatoms. The summed E-state index contributed by atoms with van der Waals surface area (Å²) in [5.41, 5.74) is 6.61. The van der Waals surface area contributed by atoms with E-state index < -0.39 is 0 Å². The van der Waals surface area contributed by atoms with Crippen LogP contribution < -0.4 is 0 Å². The molecule has 5 heterocycles. The molecule has 0 saturated heterocycles. The van der Waals surface area contributed by atoms with Gasteiger partial charge in [-0.3, -0.25) is 0 Å². The second-order valence-electron chi connectivity index (χ2n) is 7.32. The van der Waals surface area contributed by atoms with E-state index in [0.717, 1.165) is 22.3 Å². The second kappa shape index (κ2) is 10.2. The highest BCUT2D eigenvalue weighted by Crippen LogP contribution is 2.20. The summed E-state index contributed by atoms with van der Waals surface area (Å²) in [6.45, 7) is 0. The highest BCUT2D eigenvalue weighted by Gasteiger charge is 2.08. The molecule has 0 aliphatic heterocycles. The van der Waals surface area contributed by atoms with Crippen LogP contribution in [-0.4, -0.2) is 9.97 Å². The Hall–Kier alpha value is -4.84. The van der Waals surface area contributed by atoms with Crippen molar-refractivity contribution in [3.05, 3.63) is 119 Å². The van der Waals surface area contributed by atoms with Gasteiger partial charge in [-0.15, -0.1) is 0 Å². The van der Waals surface area contributed by atoms with E-state index in [0.29, 0.717) is 22.8 Å². The molecular formula is C28H20N2O4. The fourth-order valence-corrected chi connectivity index (χ4v) is 3.16. The van der Waals surface area contributed by atoms with Crippen LogP contribution in [0.2, 0.25) is 0 Å². The molecule has 0 aromatic carbocycles. The maximum Gasteiger partial charge on any atom is 0.0974 e. The van der Waals surface area contributed by atoms with Crippen molar-refractivity contribution in [2.75, 3.05) is 0 Å². The summed E-state index contributed by atoms with van der Waals surface area (Å²) >= 11 is 0. The molecule has 34 heavy (non-hydrogen) atoms. The zero-order valence-corrected chi connectivity index (χ0v) is 18.1. The van der Waals surface area contributed by atoms with Crippen LogP contribution in [0.3, 0.4) is 0 Å². The maximum absolute atomic E-state index is 5.17. The van der Waals surface area contributed by atoms with Gasteiger partial charge >= 0.3 is 0 Å². The predicted molar refractivity (Wildman–Crippen MR) is 133 cm³/mol. The van der Waals surface area contributed by atoms with Crippen molar-refractivity contribution in [1.82, 2.24) is 9.97 Å². The summed E-state index contributed by atoms with van der Waals surface area (Å²) in [6.07, 6.45) is 28.7. The van der Waals surface area contributed by atoms with Gasteiger partial charge in [-0.25, -0.2) is 9.97 Å². The summed E-state index contributed by atoms with van der Waals surface area (Å²) in [6, 6.07) is 7.53. The van der Waals surface area contributed by atoms with Gasteiger partial charge in [0.05, 0.1) is 72.9 Å². The van der Waals surface area contributed by atoms with Crippen LogP contribution in [0.25, 0.3) is 48.6 Å². The summed E-state index contributed by atoms with van der Waals surface area (Å²) in [4.78, 5) is 9.85. The molecule has 0 saturated carbocycles. The lowest BCUT2D eigenvalue weighted by molar-refractivity contribution is 0.566. The maximum atomic E-state index is 5.17. The lowest BCUT2D eigenvalue weighted by atomic mass is 10.1. The molecular weight excluding hydrogens is 428 g/mol. The van der Waals surface area contributed by atoms with E-state index in [1.165, 1.54) is 0 Å².